The zero-order chi connectivity index (χ0) is 28.6. The number of piperidine rings is 1. The number of rotatable bonds is 6. The van der Waals surface area contributed by atoms with Crippen molar-refractivity contribution in [2.24, 2.45) is 5.92 Å². The van der Waals surface area contributed by atoms with Gasteiger partial charge in [-0.2, -0.15) is 13.2 Å². The molecular formula is C29H31F3N2O5S. The summed E-state index contributed by atoms with van der Waals surface area (Å²) in [6, 6.07) is 8.39. The average Bonchev–Trinajstić information content (AvgIpc) is 3.62. The zero-order valence-corrected chi connectivity index (χ0v) is 22.9. The Kier molecular flexibility index (Phi) is 6.36. The molecule has 2 bridgehead atoms. The van der Waals surface area contributed by atoms with Crippen LogP contribution in [-0.2, 0) is 16.6 Å². The molecular weight excluding hydrogens is 545 g/mol. The number of anilines is 1. The number of aliphatic hydroxyl groups excluding tert-OH is 1. The van der Waals surface area contributed by atoms with Crippen LogP contribution >= 0.6 is 11.8 Å². The number of alkyl halides is 3. The second-order valence-corrected chi connectivity index (χ2v) is 12.6. The van der Waals surface area contributed by atoms with Gasteiger partial charge in [0, 0.05) is 28.7 Å². The van der Waals surface area contributed by atoms with Gasteiger partial charge in [0.25, 0.3) is 5.91 Å². The highest BCUT2D eigenvalue weighted by molar-refractivity contribution is 8.00. The number of hydrogen-bond acceptors (Lipinski definition) is 7. The molecule has 1 amide bonds. The molecule has 0 radical (unpaired) electrons. The van der Waals surface area contributed by atoms with E-state index in [4.69, 9.17) is 4.74 Å². The van der Waals surface area contributed by atoms with Crippen LogP contribution in [0.1, 0.15) is 44.2 Å². The van der Waals surface area contributed by atoms with Crippen molar-refractivity contribution in [3.63, 3.8) is 0 Å². The van der Waals surface area contributed by atoms with Gasteiger partial charge in [-0.05, 0) is 99.7 Å². The summed E-state index contributed by atoms with van der Waals surface area (Å²) in [5, 5.41) is 37.1. The summed E-state index contributed by atoms with van der Waals surface area (Å²) in [6.07, 6.45) is 2.27. The molecule has 2 aliphatic heterocycles. The van der Waals surface area contributed by atoms with Gasteiger partial charge in [0.1, 0.15) is 5.76 Å². The smallest absolute Gasteiger partial charge is 0.446 e. The van der Waals surface area contributed by atoms with E-state index in [-0.39, 0.29) is 51.2 Å². The van der Waals surface area contributed by atoms with Crippen molar-refractivity contribution in [3.8, 4) is 11.5 Å². The van der Waals surface area contributed by atoms with E-state index in [1.54, 1.807) is 13.0 Å². The number of likely N-dealkylation sites (tertiary alicyclic amines) is 1. The Balaban J connectivity index is 1.33. The van der Waals surface area contributed by atoms with E-state index in [0.29, 0.717) is 30.9 Å². The molecule has 11 heteroatoms. The number of nitrogens with zero attached hydrogens (tertiary/aromatic N) is 1. The summed E-state index contributed by atoms with van der Waals surface area (Å²) in [7, 11) is 0. The first-order chi connectivity index (χ1) is 18.8. The monoisotopic (exact) mass is 576 g/mol. The highest BCUT2D eigenvalue weighted by Gasteiger charge is 2.69. The fourth-order valence-corrected chi connectivity index (χ4v) is 7.39. The lowest BCUT2D eigenvalue weighted by atomic mass is 9.53. The zero-order valence-electron chi connectivity index (χ0n) is 22.1. The standard InChI is InChI=1S/C29H31F3N2O5S/c1-15(26(37)33-18-6-8-19(9-7-18)40-29(30,31)32)23(36)25-28-11-12-34(14-16-3-4-16)21(27(28,2)38)13-17-5-10-20(35)24(39-25)22(17)28/h5-10,16,21,25,35-36,38H,3-4,11-14H2,1-2H3,(H,33,37)/b23-15-/t21-,25+,27-,28+/m1/s1. The van der Waals surface area contributed by atoms with Gasteiger partial charge in [0.15, 0.2) is 17.6 Å². The molecule has 2 aliphatic carbocycles. The van der Waals surface area contributed by atoms with Crippen molar-refractivity contribution in [1.82, 2.24) is 4.90 Å². The molecule has 4 aliphatic rings. The van der Waals surface area contributed by atoms with Gasteiger partial charge >= 0.3 is 5.51 Å². The van der Waals surface area contributed by atoms with Gasteiger partial charge < -0.3 is 25.4 Å². The van der Waals surface area contributed by atoms with Crippen LogP contribution < -0.4 is 10.1 Å². The van der Waals surface area contributed by atoms with Crippen LogP contribution in [0.3, 0.4) is 0 Å². The Labute approximate surface area is 234 Å². The summed E-state index contributed by atoms with van der Waals surface area (Å²) < 4.78 is 44.1. The van der Waals surface area contributed by atoms with Crippen molar-refractivity contribution in [2.45, 2.75) is 73.1 Å². The third kappa shape index (κ3) is 4.33. The second-order valence-electron chi connectivity index (χ2n) is 11.5. The number of phenolic OH excluding ortho intramolecular Hbond substituents is 1. The number of halogens is 3. The maximum Gasteiger partial charge on any atom is 0.446 e. The highest BCUT2D eigenvalue weighted by Crippen LogP contribution is 2.63. The number of hydrogen-bond donors (Lipinski definition) is 4. The molecule has 2 aromatic rings. The summed E-state index contributed by atoms with van der Waals surface area (Å²) in [6.45, 7) is 4.76. The van der Waals surface area contributed by atoms with E-state index < -0.39 is 28.5 Å². The van der Waals surface area contributed by atoms with Crippen molar-refractivity contribution >= 4 is 23.4 Å². The van der Waals surface area contributed by atoms with Crippen molar-refractivity contribution < 1.29 is 38.0 Å². The minimum atomic E-state index is -4.42. The molecule has 1 saturated heterocycles. The number of amides is 1. The van der Waals surface area contributed by atoms with Crippen molar-refractivity contribution in [2.75, 3.05) is 18.4 Å². The van der Waals surface area contributed by atoms with Gasteiger partial charge in [-0.15, -0.1) is 0 Å². The van der Waals surface area contributed by atoms with Crippen LogP contribution in [0.25, 0.3) is 0 Å². The number of fused-ring (bicyclic) bond motifs is 1. The highest BCUT2D eigenvalue weighted by atomic mass is 32.2. The van der Waals surface area contributed by atoms with E-state index in [1.807, 2.05) is 6.07 Å². The van der Waals surface area contributed by atoms with E-state index >= 15 is 0 Å². The quantitative estimate of drug-likeness (QED) is 0.211. The molecule has 4 N–H and O–H groups in total. The Morgan fingerprint density at radius 1 is 1.20 bits per heavy atom. The SMILES string of the molecule is C/C(C(=O)Nc1ccc(SC(F)(F)F)cc1)=C(/O)[C@@H]1Oc2c(O)ccc3c2[C@@]12CCN(CC1CC1)[C@H](C3)[C@@]2(C)O. The number of ether oxygens (including phenoxy) is 1. The summed E-state index contributed by atoms with van der Waals surface area (Å²) in [5.74, 6) is -0.277. The number of phenols is 1. The van der Waals surface area contributed by atoms with Crippen LogP contribution in [0.2, 0.25) is 0 Å². The summed E-state index contributed by atoms with van der Waals surface area (Å²) in [4.78, 5) is 15.5. The molecule has 2 heterocycles. The van der Waals surface area contributed by atoms with Crippen LogP contribution in [0, 0.1) is 5.92 Å². The molecule has 0 unspecified atom stereocenters. The first-order valence-electron chi connectivity index (χ1n) is 13.4. The average molecular weight is 577 g/mol. The molecule has 1 spiro atoms. The number of benzene rings is 2. The van der Waals surface area contributed by atoms with Gasteiger partial charge in [-0.25, -0.2) is 0 Å². The number of aromatic hydroxyl groups is 1. The fraction of sp³-hybridized carbons (Fsp3) is 0.483. The summed E-state index contributed by atoms with van der Waals surface area (Å²) >= 11 is -0.251. The normalized spacial score (nSPS) is 29.9. The maximum atomic E-state index is 13.2. The predicted molar refractivity (Wildman–Crippen MR) is 144 cm³/mol. The minimum absolute atomic E-state index is 0.0189. The molecule has 2 aromatic carbocycles. The molecule has 7 nitrogen and oxygen atoms in total. The van der Waals surface area contributed by atoms with E-state index in [1.165, 1.54) is 44.0 Å². The van der Waals surface area contributed by atoms with E-state index in [2.05, 4.69) is 10.2 Å². The molecule has 4 atom stereocenters. The Morgan fingerprint density at radius 3 is 2.55 bits per heavy atom. The van der Waals surface area contributed by atoms with Crippen LogP contribution in [-0.4, -0.2) is 62.5 Å². The lowest BCUT2D eigenvalue weighted by Crippen LogP contribution is -2.73. The van der Waals surface area contributed by atoms with Crippen molar-refractivity contribution in [3.05, 3.63) is 58.9 Å². The van der Waals surface area contributed by atoms with Crippen LogP contribution in [0.5, 0.6) is 11.5 Å². The Morgan fingerprint density at radius 2 is 1.90 bits per heavy atom. The Bertz CT molecular complexity index is 1390. The van der Waals surface area contributed by atoms with E-state index in [9.17, 15) is 33.3 Å². The fourth-order valence-electron chi connectivity index (χ4n) is 6.85. The van der Waals surface area contributed by atoms with Gasteiger partial charge in [-0.1, -0.05) is 6.07 Å². The number of carbonyl (C=O) groups is 1. The van der Waals surface area contributed by atoms with Crippen molar-refractivity contribution in [1.29, 1.82) is 0 Å². The number of nitrogens with one attached hydrogen (secondary N) is 1. The number of thioether (sulfide) groups is 1. The largest absolute Gasteiger partial charge is 0.508 e. The summed E-state index contributed by atoms with van der Waals surface area (Å²) in [5.41, 5.74) is -5.03. The van der Waals surface area contributed by atoms with E-state index in [0.717, 1.165) is 12.1 Å². The Hall–Kier alpha value is -2.89. The lowest BCUT2D eigenvalue weighted by molar-refractivity contribution is -0.153. The molecule has 6 rings (SSSR count). The lowest BCUT2D eigenvalue weighted by Gasteiger charge is -2.59. The molecule has 1 saturated carbocycles. The number of carbonyl (C=O) groups excluding carboxylic acids is 1. The molecule has 2 fully saturated rings. The molecule has 40 heavy (non-hydrogen) atoms. The first kappa shape index (κ1) is 27.3. The van der Waals surface area contributed by atoms with Gasteiger partial charge in [0.2, 0.25) is 0 Å². The van der Waals surface area contributed by atoms with Crippen LogP contribution in [0.15, 0.2) is 52.6 Å². The minimum Gasteiger partial charge on any atom is -0.508 e. The third-order valence-electron chi connectivity index (χ3n) is 9.06. The molecule has 0 aromatic heterocycles. The predicted octanol–water partition coefficient (Wildman–Crippen LogP) is 5.27. The third-order valence-corrected chi connectivity index (χ3v) is 9.80. The van der Waals surface area contributed by atoms with Gasteiger partial charge in [0.05, 0.1) is 16.6 Å². The first-order valence-corrected chi connectivity index (χ1v) is 14.2. The topological polar surface area (TPSA) is 102 Å². The second kappa shape index (κ2) is 9.32. The number of aliphatic hydroxyl groups is 2. The molecule has 214 valence electrons. The van der Waals surface area contributed by atoms with Crippen LogP contribution in [0.4, 0.5) is 18.9 Å². The van der Waals surface area contributed by atoms with Gasteiger partial charge in [-0.3, -0.25) is 9.69 Å². The maximum absolute atomic E-state index is 13.2.